The van der Waals surface area contributed by atoms with Gasteiger partial charge in [0.25, 0.3) is 5.91 Å². The monoisotopic (exact) mass is 378 g/mol. The van der Waals surface area contributed by atoms with Crippen LogP contribution in [-0.4, -0.2) is 31.6 Å². The molecule has 0 fully saturated rings. The Morgan fingerprint density at radius 2 is 2.04 bits per heavy atom. The number of benzene rings is 2. The first kappa shape index (κ1) is 19.6. The van der Waals surface area contributed by atoms with Crippen molar-refractivity contribution in [1.82, 2.24) is 10.3 Å². The predicted molar refractivity (Wildman–Crippen MR) is 113 cm³/mol. The van der Waals surface area contributed by atoms with E-state index >= 15 is 0 Å². The van der Waals surface area contributed by atoms with Crippen LogP contribution in [0, 0.1) is 0 Å². The number of nitrogens with one attached hydrogen (secondary N) is 2. The number of ether oxygens (including phenoxy) is 1. The molecule has 0 saturated carbocycles. The second-order valence-electron chi connectivity index (χ2n) is 6.61. The number of carbonyl (C=O) groups excluding carboxylic acids is 1. The maximum absolute atomic E-state index is 11.8. The first-order chi connectivity index (χ1) is 13.6. The van der Waals surface area contributed by atoms with Crippen LogP contribution in [0.2, 0.25) is 0 Å². The van der Waals surface area contributed by atoms with Crippen molar-refractivity contribution < 1.29 is 9.53 Å². The van der Waals surface area contributed by atoms with Crippen LogP contribution in [-0.2, 0) is 6.42 Å². The number of anilines is 1. The van der Waals surface area contributed by atoms with Gasteiger partial charge in [0, 0.05) is 23.8 Å². The Hall–Kier alpha value is -3.12. The fraction of sp³-hybridized carbons (Fsp3) is 0.273. The molecular weight excluding hydrogens is 352 g/mol. The zero-order chi connectivity index (χ0) is 20.1. The second kappa shape index (κ2) is 8.71. The van der Waals surface area contributed by atoms with Crippen molar-refractivity contribution in [1.29, 1.82) is 0 Å². The van der Waals surface area contributed by atoms with E-state index in [1.54, 1.807) is 13.2 Å². The summed E-state index contributed by atoms with van der Waals surface area (Å²) in [5.74, 6) is 0.333. The lowest BCUT2D eigenvalue weighted by molar-refractivity contribution is 0.100. The minimum atomic E-state index is -0.479. The number of aromatic nitrogens is 1. The van der Waals surface area contributed by atoms with E-state index in [2.05, 4.69) is 28.6 Å². The average molecular weight is 378 g/mol. The number of hydrogen-bond acceptors (Lipinski definition) is 5. The summed E-state index contributed by atoms with van der Waals surface area (Å²) < 4.78 is 5.38. The van der Waals surface area contributed by atoms with E-state index < -0.39 is 5.91 Å². The van der Waals surface area contributed by atoms with E-state index in [-0.39, 0.29) is 6.04 Å². The second-order valence-corrected chi connectivity index (χ2v) is 6.61. The number of nitrogens with two attached hydrogens (primary N) is 1. The third-order valence-electron chi connectivity index (χ3n) is 4.85. The Morgan fingerprint density at radius 1 is 1.25 bits per heavy atom. The quantitative estimate of drug-likeness (QED) is 0.560. The summed E-state index contributed by atoms with van der Waals surface area (Å²) >= 11 is 0. The summed E-state index contributed by atoms with van der Waals surface area (Å²) in [7, 11) is 3.59. The highest BCUT2D eigenvalue weighted by atomic mass is 16.5. The van der Waals surface area contributed by atoms with Crippen molar-refractivity contribution in [2.45, 2.75) is 19.4 Å². The lowest BCUT2D eigenvalue weighted by Gasteiger charge is -2.24. The van der Waals surface area contributed by atoms with Crippen molar-refractivity contribution in [2.75, 3.05) is 26.0 Å². The maximum atomic E-state index is 11.8. The van der Waals surface area contributed by atoms with Gasteiger partial charge in [-0.25, -0.2) is 0 Å². The molecule has 6 nitrogen and oxygen atoms in total. The van der Waals surface area contributed by atoms with Crippen LogP contribution in [0.3, 0.4) is 0 Å². The van der Waals surface area contributed by atoms with Crippen LogP contribution in [0.4, 0.5) is 5.69 Å². The number of aryl methyl sites for hydroxylation is 1. The number of methoxy groups -OCH3 is 1. The normalized spacial score (nSPS) is 12.0. The highest BCUT2D eigenvalue weighted by Gasteiger charge is 2.18. The Morgan fingerprint density at radius 3 is 2.71 bits per heavy atom. The smallest absolute Gasteiger partial charge is 0.250 e. The Kier molecular flexibility index (Phi) is 6.11. The highest BCUT2D eigenvalue weighted by molar-refractivity contribution is 6.08. The molecule has 0 radical (unpaired) electrons. The molecule has 4 N–H and O–H groups in total. The van der Waals surface area contributed by atoms with E-state index in [4.69, 9.17) is 10.5 Å². The molecule has 28 heavy (non-hydrogen) atoms. The summed E-state index contributed by atoms with van der Waals surface area (Å²) in [4.78, 5) is 16.3. The number of nitrogens with zero attached hydrogens (tertiary/aromatic N) is 1. The number of carbonyl (C=O) groups is 1. The van der Waals surface area contributed by atoms with Gasteiger partial charge in [0.1, 0.15) is 5.75 Å². The number of fused-ring (bicyclic) bond motifs is 1. The zero-order valence-electron chi connectivity index (χ0n) is 16.5. The summed E-state index contributed by atoms with van der Waals surface area (Å²) in [6, 6.07) is 13.5. The molecule has 1 aromatic heterocycles. The minimum Gasteiger partial charge on any atom is -0.497 e. The van der Waals surface area contributed by atoms with Crippen LogP contribution >= 0.6 is 0 Å². The molecule has 0 bridgehead atoms. The maximum Gasteiger partial charge on any atom is 0.250 e. The van der Waals surface area contributed by atoms with Crippen molar-refractivity contribution in [3.8, 4) is 5.75 Å². The van der Waals surface area contributed by atoms with Gasteiger partial charge >= 0.3 is 0 Å². The van der Waals surface area contributed by atoms with Crippen LogP contribution in [0.1, 0.15) is 34.5 Å². The molecule has 146 valence electrons. The molecule has 0 saturated heterocycles. The van der Waals surface area contributed by atoms with Crippen LogP contribution in [0.5, 0.6) is 5.75 Å². The molecule has 1 atom stereocenters. The zero-order valence-corrected chi connectivity index (χ0v) is 16.5. The molecule has 0 aliphatic heterocycles. The van der Waals surface area contributed by atoms with E-state index in [0.717, 1.165) is 40.9 Å². The first-order valence-electron chi connectivity index (χ1n) is 9.34. The van der Waals surface area contributed by atoms with Crippen LogP contribution in [0.25, 0.3) is 10.9 Å². The molecule has 1 unspecified atom stereocenters. The lowest BCUT2D eigenvalue weighted by Crippen LogP contribution is -2.24. The molecule has 6 heteroatoms. The van der Waals surface area contributed by atoms with E-state index in [0.29, 0.717) is 11.1 Å². The molecule has 2 aromatic carbocycles. The molecule has 1 amide bonds. The largest absolute Gasteiger partial charge is 0.497 e. The Bertz CT molecular complexity index is 987. The number of pyridine rings is 1. The molecular formula is C22H26N4O2. The standard InChI is InChI=1S/C22H26N4O2/c1-4-14-12-25-21-17(9-6-10-18(21)22(23)27)20(14)26-19(13-24-2)15-7-5-8-16(11-15)28-3/h5-12,19,24H,4,13H2,1-3H3,(H2,23,27)(H,25,26). The van der Waals surface area contributed by atoms with Gasteiger partial charge in [-0.3, -0.25) is 9.78 Å². The van der Waals surface area contributed by atoms with Crippen molar-refractivity contribution >= 4 is 22.5 Å². The molecule has 0 spiro atoms. The van der Waals surface area contributed by atoms with Gasteiger partial charge in [-0.1, -0.05) is 31.2 Å². The van der Waals surface area contributed by atoms with Gasteiger partial charge in [0.15, 0.2) is 0 Å². The van der Waals surface area contributed by atoms with Gasteiger partial charge in [-0.2, -0.15) is 0 Å². The van der Waals surface area contributed by atoms with Gasteiger partial charge in [0.2, 0.25) is 0 Å². The number of amides is 1. The topological polar surface area (TPSA) is 89.3 Å². The summed E-state index contributed by atoms with van der Waals surface area (Å²) in [5.41, 5.74) is 9.75. The number of para-hydroxylation sites is 1. The minimum absolute atomic E-state index is 0.00762. The van der Waals surface area contributed by atoms with E-state index in [1.807, 2.05) is 43.6 Å². The van der Waals surface area contributed by atoms with E-state index in [1.165, 1.54) is 0 Å². The number of rotatable bonds is 8. The third kappa shape index (κ3) is 3.92. The molecule has 3 rings (SSSR count). The summed E-state index contributed by atoms with van der Waals surface area (Å²) in [6.07, 6.45) is 2.63. The lowest BCUT2D eigenvalue weighted by atomic mass is 10.0. The Balaban J connectivity index is 2.12. The number of primary amides is 1. The number of likely N-dealkylation sites (N-methyl/N-ethyl adjacent to an activating group) is 1. The fourth-order valence-electron chi connectivity index (χ4n) is 3.39. The molecule has 3 aromatic rings. The van der Waals surface area contributed by atoms with Crippen molar-refractivity contribution in [2.24, 2.45) is 5.73 Å². The molecule has 0 aliphatic carbocycles. The fourth-order valence-corrected chi connectivity index (χ4v) is 3.39. The molecule has 0 aliphatic rings. The summed E-state index contributed by atoms with van der Waals surface area (Å²) in [6.45, 7) is 2.81. The van der Waals surface area contributed by atoms with Crippen LogP contribution in [0.15, 0.2) is 48.7 Å². The van der Waals surface area contributed by atoms with Crippen LogP contribution < -0.4 is 21.1 Å². The molecule has 1 heterocycles. The summed E-state index contributed by atoms with van der Waals surface area (Å²) in [5, 5.41) is 7.80. The predicted octanol–water partition coefficient (Wildman–Crippen LogP) is 3.28. The SMILES string of the molecule is CCc1cnc2c(C(N)=O)cccc2c1NC(CNC)c1cccc(OC)c1. The van der Waals surface area contributed by atoms with Gasteiger partial charge in [-0.05, 0) is 42.8 Å². The van der Waals surface area contributed by atoms with Gasteiger partial charge in [-0.15, -0.1) is 0 Å². The van der Waals surface area contributed by atoms with Crippen molar-refractivity contribution in [3.05, 3.63) is 65.4 Å². The average Bonchev–Trinajstić information content (AvgIpc) is 2.72. The Labute approximate surface area is 165 Å². The van der Waals surface area contributed by atoms with E-state index in [9.17, 15) is 4.79 Å². The van der Waals surface area contributed by atoms with Crippen molar-refractivity contribution in [3.63, 3.8) is 0 Å². The first-order valence-corrected chi connectivity index (χ1v) is 9.34. The van der Waals surface area contributed by atoms with Gasteiger partial charge in [0.05, 0.1) is 24.2 Å². The van der Waals surface area contributed by atoms with Gasteiger partial charge < -0.3 is 21.1 Å². The highest BCUT2D eigenvalue weighted by Crippen LogP contribution is 2.32. The number of hydrogen-bond donors (Lipinski definition) is 3. The third-order valence-corrected chi connectivity index (χ3v) is 4.85.